The summed E-state index contributed by atoms with van der Waals surface area (Å²) in [7, 11) is 6.10. The minimum atomic E-state index is 0. The summed E-state index contributed by atoms with van der Waals surface area (Å²) in [6.07, 6.45) is 1.07. The fraction of sp³-hybridized carbons (Fsp3) is 0.944. The quantitative estimate of drug-likeness (QED) is 0.196. The molecule has 1 unspecified atom stereocenters. The van der Waals surface area contributed by atoms with Crippen LogP contribution in [0.3, 0.4) is 0 Å². The fourth-order valence-electron chi connectivity index (χ4n) is 2.90. The summed E-state index contributed by atoms with van der Waals surface area (Å²) in [5.41, 5.74) is 0. The standard InChI is InChI=1S/C18H40N6O.HI/c1-6-19-18(20-8-10-22(3)9-7-15-25-5)21-16-17(2)24-13-11-23(4)12-14-24;/h17H,6-16H2,1-5H3,(H2,19,20,21);1H. The van der Waals surface area contributed by atoms with E-state index in [-0.39, 0.29) is 24.0 Å². The van der Waals surface area contributed by atoms with Crippen LogP contribution < -0.4 is 10.6 Å². The highest BCUT2D eigenvalue weighted by molar-refractivity contribution is 14.0. The Morgan fingerprint density at radius 1 is 1.19 bits per heavy atom. The van der Waals surface area contributed by atoms with E-state index in [1.165, 1.54) is 0 Å². The van der Waals surface area contributed by atoms with Gasteiger partial charge in [0.05, 0.1) is 6.54 Å². The van der Waals surface area contributed by atoms with Crippen molar-refractivity contribution in [2.24, 2.45) is 4.99 Å². The highest BCUT2D eigenvalue weighted by Crippen LogP contribution is 2.05. The average molecular weight is 484 g/mol. The molecule has 1 aliphatic heterocycles. The van der Waals surface area contributed by atoms with Crippen LogP contribution >= 0.6 is 24.0 Å². The second-order valence-electron chi connectivity index (χ2n) is 6.98. The molecule has 156 valence electrons. The van der Waals surface area contributed by atoms with Gasteiger partial charge in [-0.1, -0.05) is 0 Å². The van der Waals surface area contributed by atoms with Crippen LogP contribution in [0.15, 0.2) is 4.99 Å². The molecule has 8 heteroatoms. The molecule has 7 nitrogen and oxygen atoms in total. The Balaban J connectivity index is 0.00000625. The predicted octanol–water partition coefficient (Wildman–Crippen LogP) is 0.764. The van der Waals surface area contributed by atoms with Gasteiger partial charge < -0.3 is 25.2 Å². The van der Waals surface area contributed by atoms with Crippen LogP contribution in [0.5, 0.6) is 0 Å². The van der Waals surface area contributed by atoms with Crippen molar-refractivity contribution in [1.82, 2.24) is 25.3 Å². The Bertz CT molecular complexity index is 364. The normalized spacial score (nSPS) is 17.8. The third-order valence-electron chi connectivity index (χ3n) is 4.69. The van der Waals surface area contributed by atoms with Gasteiger partial charge in [0.2, 0.25) is 0 Å². The molecular formula is C18H41IN6O. The number of nitrogens with zero attached hydrogens (tertiary/aromatic N) is 4. The number of hydrogen-bond acceptors (Lipinski definition) is 5. The number of guanidine groups is 1. The number of nitrogens with one attached hydrogen (secondary N) is 2. The van der Waals surface area contributed by atoms with Crippen molar-refractivity contribution in [2.45, 2.75) is 26.3 Å². The van der Waals surface area contributed by atoms with Gasteiger partial charge in [-0.15, -0.1) is 24.0 Å². The molecule has 0 aromatic rings. The lowest BCUT2D eigenvalue weighted by Crippen LogP contribution is -2.49. The zero-order valence-electron chi connectivity index (χ0n) is 17.5. The van der Waals surface area contributed by atoms with Crippen LogP contribution in [0.1, 0.15) is 20.3 Å². The van der Waals surface area contributed by atoms with Gasteiger partial charge in [-0.2, -0.15) is 0 Å². The van der Waals surface area contributed by atoms with E-state index in [1.54, 1.807) is 7.11 Å². The van der Waals surface area contributed by atoms with Crippen molar-refractivity contribution in [3.63, 3.8) is 0 Å². The van der Waals surface area contributed by atoms with E-state index in [1.807, 2.05) is 0 Å². The molecule has 1 aliphatic rings. The van der Waals surface area contributed by atoms with E-state index in [2.05, 4.69) is 53.3 Å². The minimum Gasteiger partial charge on any atom is -0.385 e. The summed E-state index contributed by atoms with van der Waals surface area (Å²) < 4.78 is 5.10. The lowest BCUT2D eigenvalue weighted by atomic mass is 10.2. The first-order valence-corrected chi connectivity index (χ1v) is 9.69. The first-order chi connectivity index (χ1) is 12.1. The molecule has 0 radical (unpaired) electrons. The largest absolute Gasteiger partial charge is 0.385 e. The molecule has 0 aromatic carbocycles. The number of methoxy groups -OCH3 is 1. The lowest BCUT2D eigenvalue weighted by molar-refractivity contribution is 0.122. The van der Waals surface area contributed by atoms with Crippen LogP contribution in [0.25, 0.3) is 0 Å². The molecule has 0 spiro atoms. The van der Waals surface area contributed by atoms with Gasteiger partial charge >= 0.3 is 0 Å². The summed E-state index contributed by atoms with van der Waals surface area (Å²) in [5.74, 6) is 0.925. The fourth-order valence-corrected chi connectivity index (χ4v) is 2.90. The van der Waals surface area contributed by atoms with E-state index in [9.17, 15) is 0 Å². The average Bonchev–Trinajstić information content (AvgIpc) is 2.60. The highest BCUT2D eigenvalue weighted by Gasteiger charge is 2.18. The van der Waals surface area contributed by atoms with Crippen LogP contribution in [0.4, 0.5) is 0 Å². The Kier molecular flexibility index (Phi) is 15.8. The zero-order chi connectivity index (χ0) is 18.5. The number of hydrogen-bond donors (Lipinski definition) is 2. The van der Waals surface area contributed by atoms with Crippen molar-refractivity contribution in [1.29, 1.82) is 0 Å². The topological polar surface area (TPSA) is 55.4 Å². The van der Waals surface area contributed by atoms with E-state index in [0.29, 0.717) is 6.04 Å². The molecule has 0 aliphatic carbocycles. The van der Waals surface area contributed by atoms with Crippen molar-refractivity contribution in [3.05, 3.63) is 0 Å². The lowest BCUT2D eigenvalue weighted by Gasteiger charge is -2.35. The molecule has 2 N–H and O–H groups in total. The molecule has 1 atom stereocenters. The molecule has 1 fully saturated rings. The van der Waals surface area contributed by atoms with Crippen LogP contribution in [-0.2, 0) is 4.74 Å². The van der Waals surface area contributed by atoms with E-state index < -0.39 is 0 Å². The highest BCUT2D eigenvalue weighted by atomic mass is 127. The first-order valence-electron chi connectivity index (χ1n) is 9.69. The Hall–Kier alpha value is -0.160. The van der Waals surface area contributed by atoms with Gasteiger partial charge in [0.1, 0.15) is 0 Å². The Morgan fingerprint density at radius 3 is 2.50 bits per heavy atom. The first kappa shape index (κ1) is 25.8. The third-order valence-corrected chi connectivity index (χ3v) is 4.69. The van der Waals surface area contributed by atoms with E-state index in [0.717, 1.165) is 77.9 Å². The molecule has 0 aromatic heterocycles. The summed E-state index contributed by atoms with van der Waals surface area (Å²) in [5, 5.41) is 6.79. The molecule has 26 heavy (non-hydrogen) atoms. The summed E-state index contributed by atoms with van der Waals surface area (Å²) in [6, 6.07) is 0.487. The van der Waals surface area contributed by atoms with Crippen molar-refractivity contribution in [2.75, 3.05) is 86.7 Å². The molecule has 0 amide bonds. The number of piperazine rings is 1. The zero-order valence-corrected chi connectivity index (χ0v) is 19.8. The second kappa shape index (κ2) is 15.9. The van der Waals surface area contributed by atoms with E-state index >= 15 is 0 Å². The number of likely N-dealkylation sites (N-methyl/N-ethyl adjacent to an activating group) is 2. The molecule has 1 heterocycles. The molecule has 0 saturated carbocycles. The number of rotatable bonds is 11. The van der Waals surface area contributed by atoms with Gasteiger partial charge in [-0.3, -0.25) is 9.89 Å². The third kappa shape index (κ3) is 11.5. The number of ether oxygens (including phenoxy) is 1. The number of aliphatic imine (C=N–C) groups is 1. The monoisotopic (exact) mass is 484 g/mol. The minimum absolute atomic E-state index is 0. The van der Waals surface area contributed by atoms with Crippen molar-refractivity contribution in [3.8, 4) is 0 Å². The van der Waals surface area contributed by atoms with Gasteiger partial charge in [0, 0.05) is 72.1 Å². The van der Waals surface area contributed by atoms with Gasteiger partial charge in [0.15, 0.2) is 5.96 Å². The van der Waals surface area contributed by atoms with Gasteiger partial charge in [-0.05, 0) is 34.4 Å². The smallest absolute Gasteiger partial charge is 0.191 e. The maximum atomic E-state index is 5.10. The summed E-state index contributed by atoms with van der Waals surface area (Å²) in [4.78, 5) is 12.0. The van der Waals surface area contributed by atoms with Gasteiger partial charge in [0.25, 0.3) is 0 Å². The van der Waals surface area contributed by atoms with Crippen molar-refractivity contribution < 1.29 is 4.74 Å². The summed E-state index contributed by atoms with van der Waals surface area (Å²) >= 11 is 0. The predicted molar refractivity (Wildman–Crippen MR) is 122 cm³/mol. The second-order valence-corrected chi connectivity index (χ2v) is 6.98. The van der Waals surface area contributed by atoms with Crippen molar-refractivity contribution >= 4 is 29.9 Å². The Labute approximate surface area is 177 Å². The molecule has 1 rings (SSSR count). The Morgan fingerprint density at radius 2 is 1.88 bits per heavy atom. The maximum Gasteiger partial charge on any atom is 0.191 e. The van der Waals surface area contributed by atoms with Crippen LogP contribution in [0.2, 0.25) is 0 Å². The molecule has 0 bridgehead atoms. The van der Waals surface area contributed by atoms with Crippen LogP contribution in [0, 0.1) is 0 Å². The maximum absolute atomic E-state index is 5.10. The number of halogens is 1. The van der Waals surface area contributed by atoms with Crippen LogP contribution in [-0.4, -0.2) is 113 Å². The van der Waals surface area contributed by atoms with E-state index in [4.69, 9.17) is 9.73 Å². The SMILES string of the molecule is CCNC(=NCC(C)N1CCN(C)CC1)NCCN(C)CCCOC.I. The molecular weight excluding hydrogens is 443 g/mol. The summed E-state index contributed by atoms with van der Waals surface area (Å²) in [6.45, 7) is 14.5. The molecule has 1 saturated heterocycles. The van der Waals surface area contributed by atoms with Gasteiger partial charge in [-0.25, -0.2) is 0 Å².